The number of hydrogen-bond donors (Lipinski definition) is 2. The largest absolute Gasteiger partial charge is 0.367 e. The number of anilines is 1. The van der Waals surface area contributed by atoms with E-state index in [9.17, 15) is 4.79 Å². The molecule has 25 heavy (non-hydrogen) atoms. The first kappa shape index (κ1) is 15.6. The zero-order chi connectivity index (χ0) is 17.2. The van der Waals surface area contributed by atoms with E-state index in [-0.39, 0.29) is 5.91 Å². The number of fused-ring (bicyclic) bond motifs is 1. The molecule has 2 heterocycles. The van der Waals surface area contributed by atoms with Crippen molar-refractivity contribution >= 4 is 22.8 Å². The summed E-state index contributed by atoms with van der Waals surface area (Å²) in [6, 6.07) is 12.1. The summed E-state index contributed by atoms with van der Waals surface area (Å²) in [5.41, 5.74) is 2.70. The number of nitrogens with one attached hydrogen (secondary N) is 2. The number of aromatic nitrogens is 3. The molecule has 1 aliphatic rings. The minimum atomic E-state index is -0.0803. The molecule has 1 saturated carbocycles. The van der Waals surface area contributed by atoms with E-state index in [0.29, 0.717) is 24.7 Å². The molecule has 0 atom stereocenters. The molecule has 0 radical (unpaired) electrons. The second-order valence-corrected chi connectivity index (χ2v) is 6.40. The van der Waals surface area contributed by atoms with E-state index in [2.05, 4.69) is 31.2 Å². The van der Waals surface area contributed by atoms with Gasteiger partial charge in [-0.25, -0.2) is 9.97 Å². The summed E-state index contributed by atoms with van der Waals surface area (Å²) in [5.74, 6) is 1.64. The van der Waals surface area contributed by atoms with E-state index >= 15 is 0 Å². The third kappa shape index (κ3) is 3.47. The van der Waals surface area contributed by atoms with Crippen LogP contribution in [0.3, 0.4) is 0 Å². The van der Waals surface area contributed by atoms with E-state index in [0.717, 1.165) is 22.7 Å². The third-order valence-electron chi connectivity index (χ3n) is 4.42. The number of pyridine rings is 1. The number of carbonyl (C=O) groups excluding carboxylic acids is 1. The third-order valence-corrected chi connectivity index (χ3v) is 4.42. The lowest BCUT2D eigenvalue weighted by Gasteiger charge is -2.10. The Morgan fingerprint density at radius 2 is 2.12 bits per heavy atom. The lowest BCUT2D eigenvalue weighted by atomic mass is 10.2. The van der Waals surface area contributed by atoms with Crippen LogP contribution in [0.1, 0.15) is 29.0 Å². The Bertz CT molecular complexity index is 913. The van der Waals surface area contributed by atoms with Gasteiger partial charge in [-0.05, 0) is 44.0 Å². The number of benzene rings is 1. The highest BCUT2D eigenvalue weighted by Gasteiger charge is 2.21. The Balaban J connectivity index is 1.39. The molecule has 128 valence electrons. The average molecular weight is 335 g/mol. The van der Waals surface area contributed by atoms with Crippen molar-refractivity contribution in [2.24, 2.45) is 0 Å². The first-order valence-corrected chi connectivity index (χ1v) is 8.63. The Morgan fingerprint density at radius 3 is 2.96 bits per heavy atom. The molecule has 2 N–H and O–H groups in total. The smallest absolute Gasteiger partial charge is 0.251 e. The van der Waals surface area contributed by atoms with Crippen molar-refractivity contribution in [2.45, 2.75) is 32.4 Å². The van der Waals surface area contributed by atoms with E-state index in [1.165, 1.54) is 12.8 Å². The fourth-order valence-electron chi connectivity index (χ4n) is 2.95. The number of nitrogens with zero attached hydrogens (tertiary/aromatic N) is 3. The molecule has 0 aliphatic heterocycles. The van der Waals surface area contributed by atoms with Crippen molar-refractivity contribution in [3.8, 4) is 0 Å². The van der Waals surface area contributed by atoms with Crippen LogP contribution in [0.15, 0.2) is 42.6 Å². The average Bonchev–Trinajstić information content (AvgIpc) is 3.37. The van der Waals surface area contributed by atoms with Gasteiger partial charge in [0.1, 0.15) is 11.6 Å². The first-order chi connectivity index (χ1) is 12.2. The highest BCUT2D eigenvalue weighted by atomic mass is 16.1. The molecule has 0 bridgehead atoms. The van der Waals surface area contributed by atoms with E-state index < -0.39 is 0 Å². The standard InChI is InChI=1S/C19H21N5O/c1-13-22-16-4-2-3-5-17(16)24(13)11-10-21-19(25)14-8-9-20-18(12-14)23-15-6-7-15/h2-5,8-9,12,15H,6-7,10-11H2,1H3,(H,20,23)(H,21,25). The van der Waals surface area contributed by atoms with Gasteiger partial charge < -0.3 is 15.2 Å². The molecule has 0 saturated heterocycles. The van der Waals surface area contributed by atoms with Crippen molar-refractivity contribution in [1.29, 1.82) is 0 Å². The first-order valence-electron chi connectivity index (χ1n) is 8.63. The SMILES string of the molecule is Cc1nc2ccccc2n1CCNC(=O)c1ccnc(NC2CC2)c1. The summed E-state index contributed by atoms with van der Waals surface area (Å²) in [4.78, 5) is 21.2. The van der Waals surface area contributed by atoms with Crippen molar-refractivity contribution in [2.75, 3.05) is 11.9 Å². The number of aryl methyl sites for hydroxylation is 1. The topological polar surface area (TPSA) is 71.8 Å². The molecule has 1 aromatic carbocycles. The summed E-state index contributed by atoms with van der Waals surface area (Å²) < 4.78 is 2.13. The highest BCUT2D eigenvalue weighted by Crippen LogP contribution is 2.23. The number of para-hydroxylation sites is 2. The van der Waals surface area contributed by atoms with Crippen LogP contribution >= 0.6 is 0 Å². The minimum absolute atomic E-state index is 0.0803. The molecule has 6 heteroatoms. The van der Waals surface area contributed by atoms with Crippen LogP contribution in [0, 0.1) is 6.92 Å². The molecule has 1 aliphatic carbocycles. The molecule has 2 aromatic heterocycles. The summed E-state index contributed by atoms with van der Waals surface area (Å²) in [7, 11) is 0. The van der Waals surface area contributed by atoms with Gasteiger partial charge in [0, 0.05) is 30.9 Å². The zero-order valence-corrected chi connectivity index (χ0v) is 14.2. The fraction of sp³-hybridized carbons (Fsp3) is 0.316. The summed E-state index contributed by atoms with van der Waals surface area (Å²) >= 11 is 0. The number of imidazole rings is 1. The van der Waals surface area contributed by atoms with Crippen LogP contribution in [0.25, 0.3) is 11.0 Å². The second kappa shape index (κ2) is 6.55. The fourth-order valence-corrected chi connectivity index (χ4v) is 2.95. The van der Waals surface area contributed by atoms with Gasteiger partial charge in [-0.2, -0.15) is 0 Å². The van der Waals surface area contributed by atoms with Gasteiger partial charge in [-0.15, -0.1) is 0 Å². The second-order valence-electron chi connectivity index (χ2n) is 6.40. The minimum Gasteiger partial charge on any atom is -0.367 e. The lowest BCUT2D eigenvalue weighted by molar-refractivity contribution is 0.0952. The van der Waals surface area contributed by atoms with Crippen molar-refractivity contribution in [3.63, 3.8) is 0 Å². The molecule has 1 fully saturated rings. The maximum absolute atomic E-state index is 12.4. The number of amides is 1. The van der Waals surface area contributed by atoms with Crippen molar-refractivity contribution < 1.29 is 4.79 Å². The summed E-state index contributed by atoms with van der Waals surface area (Å²) in [6.45, 7) is 3.23. The quantitative estimate of drug-likeness (QED) is 0.726. The van der Waals surface area contributed by atoms with Gasteiger partial charge in [0.15, 0.2) is 0 Å². The van der Waals surface area contributed by atoms with E-state index in [1.54, 1.807) is 12.3 Å². The Morgan fingerprint density at radius 1 is 1.28 bits per heavy atom. The number of carbonyl (C=O) groups is 1. The monoisotopic (exact) mass is 335 g/mol. The van der Waals surface area contributed by atoms with Crippen LogP contribution < -0.4 is 10.6 Å². The van der Waals surface area contributed by atoms with Gasteiger partial charge >= 0.3 is 0 Å². The van der Waals surface area contributed by atoms with Gasteiger partial charge in [-0.3, -0.25) is 4.79 Å². The Labute approximate surface area is 146 Å². The van der Waals surface area contributed by atoms with Crippen LogP contribution in [0.2, 0.25) is 0 Å². The van der Waals surface area contributed by atoms with Crippen LogP contribution in [0.5, 0.6) is 0 Å². The molecule has 0 spiro atoms. The maximum atomic E-state index is 12.4. The molecule has 4 rings (SSSR count). The molecular weight excluding hydrogens is 314 g/mol. The molecule has 1 amide bonds. The predicted molar refractivity (Wildman–Crippen MR) is 97.7 cm³/mol. The van der Waals surface area contributed by atoms with Crippen molar-refractivity contribution in [1.82, 2.24) is 19.9 Å². The zero-order valence-electron chi connectivity index (χ0n) is 14.2. The van der Waals surface area contributed by atoms with Crippen LogP contribution in [-0.2, 0) is 6.54 Å². The van der Waals surface area contributed by atoms with Gasteiger partial charge in [0.2, 0.25) is 0 Å². The predicted octanol–water partition coefficient (Wildman–Crippen LogP) is 2.74. The lowest BCUT2D eigenvalue weighted by Crippen LogP contribution is -2.27. The Hall–Kier alpha value is -2.89. The summed E-state index contributed by atoms with van der Waals surface area (Å²) in [5, 5.41) is 6.30. The van der Waals surface area contributed by atoms with Crippen LogP contribution in [0.4, 0.5) is 5.82 Å². The molecular formula is C19H21N5O. The van der Waals surface area contributed by atoms with Crippen molar-refractivity contribution in [3.05, 3.63) is 54.0 Å². The van der Waals surface area contributed by atoms with Gasteiger partial charge in [0.25, 0.3) is 5.91 Å². The highest BCUT2D eigenvalue weighted by molar-refractivity contribution is 5.94. The van der Waals surface area contributed by atoms with Gasteiger partial charge in [-0.1, -0.05) is 12.1 Å². The maximum Gasteiger partial charge on any atom is 0.251 e. The van der Waals surface area contributed by atoms with E-state index in [1.807, 2.05) is 31.2 Å². The van der Waals surface area contributed by atoms with Crippen LogP contribution in [-0.4, -0.2) is 33.0 Å². The number of hydrogen-bond acceptors (Lipinski definition) is 4. The molecule has 0 unspecified atom stereocenters. The Kier molecular flexibility index (Phi) is 4.09. The number of rotatable bonds is 6. The normalized spacial score (nSPS) is 13.8. The van der Waals surface area contributed by atoms with Gasteiger partial charge in [0.05, 0.1) is 11.0 Å². The van der Waals surface area contributed by atoms with E-state index in [4.69, 9.17) is 0 Å². The summed E-state index contributed by atoms with van der Waals surface area (Å²) in [6.07, 6.45) is 4.03. The molecule has 6 nitrogen and oxygen atoms in total. The molecule has 3 aromatic rings.